The van der Waals surface area contributed by atoms with Gasteiger partial charge in [0.15, 0.2) is 11.5 Å². The summed E-state index contributed by atoms with van der Waals surface area (Å²) in [6.07, 6.45) is 10.3. The molecule has 0 fully saturated rings. The summed E-state index contributed by atoms with van der Waals surface area (Å²) in [7, 11) is 1.43. The smallest absolute Gasteiger partial charge is 0.305 e. The van der Waals surface area contributed by atoms with Crippen LogP contribution in [-0.4, -0.2) is 18.9 Å². The summed E-state index contributed by atoms with van der Waals surface area (Å²) < 4.78 is 10.2. The van der Waals surface area contributed by atoms with E-state index < -0.39 is 0 Å². The van der Waals surface area contributed by atoms with Crippen LogP contribution in [0.4, 0.5) is 0 Å². The Balaban J connectivity index is 2.12. The molecule has 0 spiro atoms. The second-order valence-corrected chi connectivity index (χ2v) is 5.99. The second kappa shape index (κ2) is 11.9. The molecule has 4 nitrogen and oxygen atoms in total. The number of carbonyl (C=O) groups is 2. The summed E-state index contributed by atoms with van der Waals surface area (Å²) in [4.78, 5) is 22.9. The summed E-state index contributed by atoms with van der Waals surface area (Å²) in [5, 5.41) is 0. The average Bonchev–Trinajstić information content (AvgIpc) is 3.02. The van der Waals surface area contributed by atoms with Crippen molar-refractivity contribution in [3.63, 3.8) is 0 Å². The summed E-state index contributed by atoms with van der Waals surface area (Å²) in [5.74, 6) is 1.40. The molecule has 0 amide bonds. The van der Waals surface area contributed by atoms with Crippen LogP contribution in [0.1, 0.15) is 87.4 Å². The third-order valence-electron chi connectivity index (χ3n) is 3.98. The normalized spacial score (nSPS) is 10.7. The Labute approximate surface area is 139 Å². The highest BCUT2D eigenvalue weighted by molar-refractivity contribution is 5.93. The maximum Gasteiger partial charge on any atom is 0.305 e. The van der Waals surface area contributed by atoms with Gasteiger partial charge in [-0.15, -0.1) is 0 Å². The minimum absolute atomic E-state index is 0.118. The number of rotatable bonds is 13. The van der Waals surface area contributed by atoms with Crippen molar-refractivity contribution < 1.29 is 18.7 Å². The number of furan rings is 1. The molecular formula is C19H30O4. The molecule has 1 aromatic rings. The van der Waals surface area contributed by atoms with Crippen LogP contribution in [0.5, 0.6) is 0 Å². The van der Waals surface area contributed by atoms with Crippen LogP contribution in [0.3, 0.4) is 0 Å². The SMILES string of the molecule is CCCCCC(=O)c1ccc(CCCCCCCC(=O)OC)o1. The van der Waals surface area contributed by atoms with Crippen LogP contribution >= 0.6 is 0 Å². The molecule has 0 aliphatic rings. The molecule has 0 aliphatic carbocycles. The number of methoxy groups -OCH3 is 1. The maximum atomic E-state index is 11.9. The topological polar surface area (TPSA) is 56.5 Å². The van der Waals surface area contributed by atoms with Crippen LogP contribution in [0, 0.1) is 0 Å². The lowest BCUT2D eigenvalue weighted by Crippen LogP contribution is -1.99. The predicted octanol–water partition coefficient (Wildman–Crippen LogP) is 5.10. The zero-order valence-electron chi connectivity index (χ0n) is 14.6. The fourth-order valence-corrected chi connectivity index (χ4v) is 2.52. The lowest BCUT2D eigenvalue weighted by molar-refractivity contribution is -0.140. The number of hydrogen-bond donors (Lipinski definition) is 0. The van der Waals surface area contributed by atoms with Crippen LogP contribution in [0.25, 0.3) is 0 Å². The van der Waals surface area contributed by atoms with Gasteiger partial charge in [0.1, 0.15) is 5.76 Å². The van der Waals surface area contributed by atoms with Crippen molar-refractivity contribution in [3.8, 4) is 0 Å². The van der Waals surface area contributed by atoms with Gasteiger partial charge in [-0.25, -0.2) is 0 Å². The van der Waals surface area contributed by atoms with E-state index in [0.29, 0.717) is 18.6 Å². The molecule has 1 rings (SSSR count). The molecule has 0 aromatic carbocycles. The largest absolute Gasteiger partial charge is 0.469 e. The van der Waals surface area contributed by atoms with Crippen molar-refractivity contribution in [3.05, 3.63) is 23.7 Å². The Kier molecular flexibility index (Phi) is 10.1. The van der Waals surface area contributed by atoms with E-state index in [0.717, 1.165) is 63.5 Å². The van der Waals surface area contributed by atoms with Crippen molar-refractivity contribution in [2.24, 2.45) is 0 Å². The Morgan fingerprint density at radius 3 is 2.39 bits per heavy atom. The lowest BCUT2D eigenvalue weighted by atomic mass is 10.1. The van der Waals surface area contributed by atoms with Crippen LogP contribution in [0.15, 0.2) is 16.5 Å². The van der Waals surface area contributed by atoms with Gasteiger partial charge in [0.25, 0.3) is 0 Å². The lowest BCUT2D eigenvalue weighted by Gasteiger charge is -2.01. The van der Waals surface area contributed by atoms with Crippen molar-refractivity contribution in [2.45, 2.75) is 77.6 Å². The second-order valence-electron chi connectivity index (χ2n) is 5.99. The number of Topliss-reactive ketones (excluding diaryl/α,β-unsaturated/α-hetero) is 1. The van der Waals surface area contributed by atoms with E-state index in [1.807, 2.05) is 6.07 Å². The molecule has 1 heterocycles. The van der Waals surface area contributed by atoms with E-state index in [2.05, 4.69) is 11.7 Å². The highest BCUT2D eigenvalue weighted by Gasteiger charge is 2.10. The average molecular weight is 322 g/mol. The van der Waals surface area contributed by atoms with Gasteiger partial charge in [0.2, 0.25) is 0 Å². The van der Waals surface area contributed by atoms with E-state index in [4.69, 9.17) is 4.42 Å². The summed E-state index contributed by atoms with van der Waals surface area (Å²) in [6, 6.07) is 3.73. The van der Waals surface area contributed by atoms with E-state index in [9.17, 15) is 9.59 Å². The number of carbonyl (C=O) groups excluding carboxylic acids is 2. The fourth-order valence-electron chi connectivity index (χ4n) is 2.52. The van der Waals surface area contributed by atoms with Gasteiger partial charge in [0.05, 0.1) is 7.11 Å². The molecule has 0 unspecified atom stereocenters. The van der Waals surface area contributed by atoms with Crippen molar-refractivity contribution >= 4 is 11.8 Å². The molecule has 130 valence electrons. The van der Waals surface area contributed by atoms with Crippen molar-refractivity contribution in [1.82, 2.24) is 0 Å². The molecule has 1 aromatic heterocycles. The first-order chi connectivity index (χ1) is 11.2. The number of hydrogen-bond acceptors (Lipinski definition) is 4. The zero-order chi connectivity index (χ0) is 16.9. The number of unbranched alkanes of at least 4 members (excludes halogenated alkanes) is 6. The Hall–Kier alpha value is -1.58. The molecule has 0 bridgehead atoms. The fraction of sp³-hybridized carbons (Fsp3) is 0.684. The standard InChI is InChI=1S/C19H30O4/c1-3-4-8-12-17(20)18-15-14-16(23-18)11-9-6-5-7-10-13-19(21)22-2/h14-15H,3-13H2,1-2H3. The summed E-state index contributed by atoms with van der Waals surface area (Å²) in [5.41, 5.74) is 0. The van der Waals surface area contributed by atoms with Gasteiger partial charge in [-0.3, -0.25) is 9.59 Å². The van der Waals surface area contributed by atoms with E-state index >= 15 is 0 Å². The maximum absolute atomic E-state index is 11.9. The molecule has 23 heavy (non-hydrogen) atoms. The summed E-state index contributed by atoms with van der Waals surface area (Å²) in [6.45, 7) is 2.13. The van der Waals surface area contributed by atoms with Gasteiger partial charge in [-0.1, -0.05) is 39.0 Å². The van der Waals surface area contributed by atoms with Crippen LogP contribution in [-0.2, 0) is 16.0 Å². The minimum Gasteiger partial charge on any atom is -0.469 e. The Bertz CT molecular complexity index is 462. The van der Waals surface area contributed by atoms with Crippen LogP contribution < -0.4 is 0 Å². The minimum atomic E-state index is -0.128. The number of aryl methyl sites for hydroxylation is 1. The molecular weight excluding hydrogens is 292 g/mol. The molecule has 0 saturated heterocycles. The monoisotopic (exact) mass is 322 g/mol. The van der Waals surface area contributed by atoms with Crippen LogP contribution in [0.2, 0.25) is 0 Å². The number of ether oxygens (including phenoxy) is 1. The predicted molar refractivity (Wildman–Crippen MR) is 90.6 cm³/mol. The Morgan fingerprint density at radius 2 is 1.65 bits per heavy atom. The third kappa shape index (κ3) is 8.58. The number of esters is 1. The molecule has 0 saturated carbocycles. The molecule has 4 heteroatoms. The quantitative estimate of drug-likeness (QED) is 0.288. The van der Waals surface area contributed by atoms with Gasteiger partial charge in [-0.2, -0.15) is 0 Å². The molecule has 0 atom stereocenters. The summed E-state index contributed by atoms with van der Waals surface area (Å²) >= 11 is 0. The highest BCUT2D eigenvalue weighted by atomic mass is 16.5. The third-order valence-corrected chi connectivity index (χ3v) is 3.98. The molecule has 0 radical (unpaired) electrons. The first-order valence-electron chi connectivity index (χ1n) is 8.86. The van der Waals surface area contributed by atoms with Gasteiger partial charge >= 0.3 is 5.97 Å². The van der Waals surface area contributed by atoms with Crippen molar-refractivity contribution in [1.29, 1.82) is 0 Å². The van der Waals surface area contributed by atoms with Gasteiger partial charge in [0, 0.05) is 19.3 Å². The van der Waals surface area contributed by atoms with E-state index in [-0.39, 0.29) is 11.8 Å². The number of ketones is 1. The van der Waals surface area contributed by atoms with E-state index in [1.54, 1.807) is 6.07 Å². The molecule has 0 aliphatic heterocycles. The zero-order valence-corrected chi connectivity index (χ0v) is 14.6. The Morgan fingerprint density at radius 1 is 0.957 bits per heavy atom. The van der Waals surface area contributed by atoms with Gasteiger partial charge in [-0.05, 0) is 31.4 Å². The first-order valence-corrected chi connectivity index (χ1v) is 8.86. The van der Waals surface area contributed by atoms with Crippen molar-refractivity contribution in [2.75, 3.05) is 7.11 Å². The van der Waals surface area contributed by atoms with E-state index in [1.165, 1.54) is 7.11 Å². The molecule has 0 N–H and O–H groups in total. The first kappa shape index (κ1) is 19.5. The van der Waals surface area contributed by atoms with Gasteiger partial charge < -0.3 is 9.15 Å². The highest BCUT2D eigenvalue weighted by Crippen LogP contribution is 2.15.